The van der Waals surface area contributed by atoms with Gasteiger partial charge in [0.2, 0.25) is 11.8 Å². The van der Waals surface area contributed by atoms with Crippen LogP contribution in [0.3, 0.4) is 0 Å². The average Bonchev–Trinajstić information content (AvgIpc) is 3.47. The summed E-state index contributed by atoms with van der Waals surface area (Å²) >= 11 is 0. The molecule has 7 heteroatoms. The van der Waals surface area contributed by atoms with E-state index in [1.54, 1.807) is 0 Å². The molecule has 1 N–H and O–H groups in total. The van der Waals surface area contributed by atoms with Crippen LogP contribution in [0.2, 0.25) is 0 Å². The van der Waals surface area contributed by atoms with Gasteiger partial charge in [-0.25, -0.2) is 0 Å². The number of nitrogens with zero attached hydrogens (tertiary/aromatic N) is 4. The van der Waals surface area contributed by atoms with E-state index >= 15 is 0 Å². The highest BCUT2D eigenvalue weighted by atomic mass is 16.5. The van der Waals surface area contributed by atoms with Crippen LogP contribution in [0.4, 0.5) is 0 Å². The number of carbonyl (C=O) groups excluding carboxylic acids is 1. The molecular weight excluding hydrogens is 318 g/mol. The van der Waals surface area contributed by atoms with E-state index in [0.717, 1.165) is 50.9 Å². The second-order valence-corrected chi connectivity index (χ2v) is 7.92. The van der Waals surface area contributed by atoms with Gasteiger partial charge in [-0.3, -0.25) is 14.6 Å². The van der Waals surface area contributed by atoms with E-state index in [-0.39, 0.29) is 5.91 Å². The Bertz CT molecular complexity index is 596. The molecule has 0 radical (unpaired) electrons. The highest BCUT2D eigenvalue weighted by molar-refractivity contribution is 5.78. The first-order valence-corrected chi connectivity index (χ1v) is 9.74. The Labute approximate surface area is 149 Å². The largest absolute Gasteiger partial charge is 0.352 e. The molecule has 4 rings (SSSR count). The fourth-order valence-electron chi connectivity index (χ4n) is 3.59. The van der Waals surface area contributed by atoms with E-state index in [1.165, 1.54) is 25.7 Å². The molecule has 3 fully saturated rings. The number of hydrogen-bond donors (Lipinski definition) is 1. The van der Waals surface area contributed by atoms with Crippen molar-refractivity contribution in [1.29, 1.82) is 0 Å². The highest BCUT2D eigenvalue weighted by Gasteiger charge is 2.30. The van der Waals surface area contributed by atoms with Gasteiger partial charge in [0, 0.05) is 25.0 Å². The van der Waals surface area contributed by atoms with Gasteiger partial charge in [-0.05, 0) is 58.0 Å². The predicted octanol–water partition coefficient (Wildman–Crippen LogP) is 1.37. The Kier molecular flexibility index (Phi) is 5.03. The number of hydrogen-bond acceptors (Lipinski definition) is 6. The summed E-state index contributed by atoms with van der Waals surface area (Å²) < 4.78 is 5.35. The lowest BCUT2D eigenvalue weighted by atomic mass is 10.2. The van der Waals surface area contributed by atoms with Crippen LogP contribution in [0.1, 0.15) is 56.7 Å². The summed E-state index contributed by atoms with van der Waals surface area (Å²) in [6, 6.07) is 0.329. The van der Waals surface area contributed by atoms with Crippen LogP contribution < -0.4 is 5.32 Å². The van der Waals surface area contributed by atoms with Gasteiger partial charge in [-0.15, -0.1) is 0 Å². The Morgan fingerprint density at radius 3 is 2.72 bits per heavy atom. The highest BCUT2D eigenvalue weighted by Crippen LogP contribution is 2.38. The third-order valence-corrected chi connectivity index (χ3v) is 5.54. The van der Waals surface area contributed by atoms with Crippen molar-refractivity contribution in [2.75, 3.05) is 32.7 Å². The first-order valence-electron chi connectivity index (χ1n) is 9.74. The number of rotatable bonds is 7. The van der Waals surface area contributed by atoms with Crippen LogP contribution in [0.5, 0.6) is 0 Å². The van der Waals surface area contributed by atoms with Crippen molar-refractivity contribution in [1.82, 2.24) is 25.3 Å². The first kappa shape index (κ1) is 17.0. The Morgan fingerprint density at radius 1 is 1.20 bits per heavy atom. The Balaban J connectivity index is 1.21. The van der Waals surface area contributed by atoms with E-state index in [9.17, 15) is 4.79 Å². The van der Waals surface area contributed by atoms with E-state index in [0.29, 0.717) is 24.4 Å². The van der Waals surface area contributed by atoms with Gasteiger partial charge in [0.15, 0.2) is 5.82 Å². The predicted molar refractivity (Wildman–Crippen MR) is 92.9 cm³/mol. The second-order valence-electron chi connectivity index (χ2n) is 7.92. The van der Waals surface area contributed by atoms with Crippen LogP contribution in [0.25, 0.3) is 0 Å². The van der Waals surface area contributed by atoms with E-state index in [1.807, 2.05) is 0 Å². The van der Waals surface area contributed by atoms with Crippen molar-refractivity contribution in [3.8, 4) is 0 Å². The molecule has 3 aliphatic rings. The fourth-order valence-corrected chi connectivity index (χ4v) is 3.59. The number of carbonyl (C=O) groups is 1. The third-order valence-electron chi connectivity index (χ3n) is 5.54. The van der Waals surface area contributed by atoms with Crippen molar-refractivity contribution in [2.24, 2.45) is 5.92 Å². The lowest BCUT2D eigenvalue weighted by molar-refractivity contribution is -0.123. The zero-order valence-electron chi connectivity index (χ0n) is 15.1. The number of nitrogens with one attached hydrogen (secondary N) is 1. The molecule has 1 aromatic heterocycles. The Morgan fingerprint density at radius 2 is 1.96 bits per heavy atom. The topological polar surface area (TPSA) is 74.5 Å². The van der Waals surface area contributed by atoms with Crippen LogP contribution in [-0.2, 0) is 11.3 Å². The van der Waals surface area contributed by atoms with Crippen molar-refractivity contribution in [2.45, 2.75) is 57.5 Å². The zero-order chi connectivity index (χ0) is 17.2. The number of aromatic nitrogens is 2. The van der Waals surface area contributed by atoms with Gasteiger partial charge < -0.3 is 9.84 Å². The lowest BCUT2D eigenvalue weighted by Gasteiger charge is -2.21. The zero-order valence-corrected chi connectivity index (χ0v) is 15.1. The summed E-state index contributed by atoms with van der Waals surface area (Å²) in [6.07, 6.45) is 5.96. The van der Waals surface area contributed by atoms with Crippen molar-refractivity contribution >= 4 is 5.91 Å². The molecule has 25 heavy (non-hydrogen) atoms. The minimum Gasteiger partial charge on any atom is -0.352 e. The SMILES string of the molecule is C[C@@H](NC(=O)CN1CCCN(Cc2noc(C3CC3)n2)CC1)C1CC1. The van der Waals surface area contributed by atoms with Gasteiger partial charge in [-0.1, -0.05) is 5.16 Å². The van der Waals surface area contributed by atoms with E-state index in [4.69, 9.17) is 4.52 Å². The molecule has 2 saturated carbocycles. The summed E-state index contributed by atoms with van der Waals surface area (Å²) in [5.74, 6) is 3.00. The van der Waals surface area contributed by atoms with Crippen molar-refractivity contribution < 1.29 is 9.32 Å². The standard InChI is InChI=1S/C18H29N5O2/c1-13(14-3-4-14)19-17(24)12-23-8-2-7-22(9-10-23)11-16-20-18(25-21-16)15-5-6-15/h13-15H,2-12H2,1H3,(H,19,24)/t13-/m1/s1. The molecule has 0 bridgehead atoms. The normalized spacial score (nSPS) is 24.0. The van der Waals surface area contributed by atoms with Gasteiger partial charge in [0.1, 0.15) is 0 Å². The third kappa shape index (κ3) is 4.79. The van der Waals surface area contributed by atoms with Gasteiger partial charge in [0.05, 0.1) is 13.1 Å². The lowest BCUT2D eigenvalue weighted by Crippen LogP contribution is -2.43. The summed E-state index contributed by atoms with van der Waals surface area (Å²) in [4.78, 5) is 21.4. The molecule has 1 saturated heterocycles. The molecule has 1 aliphatic heterocycles. The molecule has 2 heterocycles. The average molecular weight is 347 g/mol. The van der Waals surface area contributed by atoms with Crippen molar-refractivity contribution in [3.63, 3.8) is 0 Å². The molecule has 0 spiro atoms. The smallest absolute Gasteiger partial charge is 0.234 e. The van der Waals surface area contributed by atoms with Crippen LogP contribution >= 0.6 is 0 Å². The van der Waals surface area contributed by atoms with Crippen LogP contribution in [0.15, 0.2) is 4.52 Å². The minimum atomic E-state index is 0.167. The quantitative estimate of drug-likeness (QED) is 0.803. The molecule has 1 atom stereocenters. The summed E-state index contributed by atoms with van der Waals surface area (Å²) in [6.45, 7) is 7.23. The maximum atomic E-state index is 12.2. The summed E-state index contributed by atoms with van der Waals surface area (Å²) in [7, 11) is 0. The summed E-state index contributed by atoms with van der Waals surface area (Å²) in [5.41, 5.74) is 0. The first-order chi connectivity index (χ1) is 12.2. The molecule has 138 valence electrons. The molecule has 1 aromatic rings. The molecule has 2 aliphatic carbocycles. The van der Waals surface area contributed by atoms with Gasteiger partial charge >= 0.3 is 0 Å². The van der Waals surface area contributed by atoms with Crippen LogP contribution in [-0.4, -0.2) is 64.6 Å². The van der Waals surface area contributed by atoms with Gasteiger partial charge in [-0.2, -0.15) is 4.98 Å². The molecule has 7 nitrogen and oxygen atoms in total. The molecule has 1 amide bonds. The Hall–Kier alpha value is -1.47. The van der Waals surface area contributed by atoms with E-state index < -0.39 is 0 Å². The van der Waals surface area contributed by atoms with Crippen LogP contribution in [0, 0.1) is 5.92 Å². The number of amides is 1. The molecule has 0 unspecified atom stereocenters. The van der Waals surface area contributed by atoms with Gasteiger partial charge in [0.25, 0.3) is 0 Å². The van der Waals surface area contributed by atoms with Crippen molar-refractivity contribution in [3.05, 3.63) is 11.7 Å². The maximum absolute atomic E-state index is 12.2. The van der Waals surface area contributed by atoms with E-state index in [2.05, 4.69) is 32.2 Å². The fraction of sp³-hybridized carbons (Fsp3) is 0.833. The monoisotopic (exact) mass is 347 g/mol. The minimum absolute atomic E-state index is 0.167. The molecule has 0 aromatic carbocycles. The maximum Gasteiger partial charge on any atom is 0.234 e. The molecular formula is C18H29N5O2. The second kappa shape index (κ2) is 7.41. The summed E-state index contributed by atoms with van der Waals surface area (Å²) in [5, 5.41) is 7.27.